The maximum absolute atomic E-state index is 5.23. The van der Waals surface area contributed by atoms with Crippen molar-refractivity contribution in [3.05, 3.63) is 51.2 Å². The molecule has 1 aromatic carbocycles. The molecule has 0 aliphatic carbocycles. The monoisotopic (exact) mass is 384 g/mol. The number of aromatic nitrogens is 1. The minimum absolute atomic E-state index is 0.185. The topological polar surface area (TPSA) is 34.1 Å². The van der Waals surface area contributed by atoms with Crippen LogP contribution in [-0.2, 0) is 0 Å². The van der Waals surface area contributed by atoms with Gasteiger partial charge in [0.15, 0.2) is 0 Å². The first-order valence-corrected chi connectivity index (χ1v) is 7.40. The Morgan fingerprint density at radius 2 is 2.00 bits per heavy atom. The van der Waals surface area contributed by atoms with E-state index in [1.54, 1.807) is 13.3 Å². The highest BCUT2D eigenvalue weighted by Crippen LogP contribution is 2.29. The van der Waals surface area contributed by atoms with Crippen LogP contribution in [0.4, 0.5) is 5.69 Å². The highest BCUT2D eigenvalue weighted by atomic mass is 79.9. The van der Waals surface area contributed by atoms with Crippen LogP contribution in [-0.4, -0.2) is 12.1 Å². The third-order valence-corrected chi connectivity index (χ3v) is 3.88. The number of ether oxygens (including phenoxy) is 1. The lowest BCUT2D eigenvalue weighted by Crippen LogP contribution is -2.06. The van der Waals surface area contributed by atoms with E-state index in [0.717, 1.165) is 20.5 Å². The SMILES string of the molecule is COc1ccc(C(C)Nc2ccc(Br)nc2)cc1Br. The van der Waals surface area contributed by atoms with E-state index in [9.17, 15) is 0 Å². The van der Waals surface area contributed by atoms with Gasteiger partial charge in [0.2, 0.25) is 0 Å². The van der Waals surface area contributed by atoms with Gasteiger partial charge in [-0.05, 0) is 68.6 Å². The summed E-state index contributed by atoms with van der Waals surface area (Å²) in [6, 6.07) is 10.2. The Kier molecular flexibility index (Phi) is 4.82. The van der Waals surface area contributed by atoms with Gasteiger partial charge in [0.25, 0.3) is 0 Å². The van der Waals surface area contributed by atoms with Crippen LogP contribution >= 0.6 is 31.9 Å². The lowest BCUT2D eigenvalue weighted by molar-refractivity contribution is 0.412. The molecular formula is C14H14Br2N2O. The number of halogens is 2. The zero-order valence-electron chi connectivity index (χ0n) is 10.7. The van der Waals surface area contributed by atoms with E-state index in [-0.39, 0.29) is 6.04 Å². The largest absolute Gasteiger partial charge is 0.496 e. The minimum atomic E-state index is 0.185. The predicted molar refractivity (Wildman–Crippen MR) is 84.7 cm³/mol. The second kappa shape index (κ2) is 6.39. The number of anilines is 1. The van der Waals surface area contributed by atoms with Gasteiger partial charge in [-0.25, -0.2) is 4.98 Å². The van der Waals surface area contributed by atoms with Crippen LogP contribution in [0.25, 0.3) is 0 Å². The zero-order chi connectivity index (χ0) is 13.8. The second-order valence-corrected chi connectivity index (χ2v) is 5.80. The Morgan fingerprint density at radius 1 is 1.21 bits per heavy atom. The third-order valence-electron chi connectivity index (χ3n) is 2.79. The quantitative estimate of drug-likeness (QED) is 0.768. The van der Waals surface area contributed by atoms with E-state index >= 15 is 0 Å². The minimum Gasteiger partial charge on any atom is -0.496 e. The summed E-state index contributed by atoms with van der Waals surface area (Å²) in [5.41, 5.74) is 2.17. The van der Waals surface area contributed by atoms with Crippen LogP contribution in [0.5, 0.6) is 5.75 Å². The Morgan fingerprint density at radius 3 is 2.58 bits per heavy atom. The van der Waals surface area contributed by atoms with Crippen molar-refractivity contribution in [1.82, 2.24) is 4.98 Å². The first kappa shape index (κ1) is 14.3. The molecule has 5 heteroatoms. The number of hydrogen-bond donors (Lipinski definition) is 1. The summed E-state index contributed by atoms with van der Waals surface area (Å²) in [6.07, 6.45) is 1.80. The molecule has 1 N–H and O–H groups in total. The highest BCUT2D eigenvalue weighted by Gasteiger charge is 2.08. The van der Waals surface area contributed by atoms with Crippen LogP contribution in [0.1, 0.15) is 18.5 Å². The molecule has 19 heavy (non-hydrogen) atoms. The van der Waals surface area contributed by atoms with Gasteiger partial charge in [-0.2, -0.15) is 0 Å². The fourth-order valence-corrected chi connectivity index (χ4v) is 2.54. The molecule has 0 aliphatic heterocycles. The van der Waals surface area contributed by atoms with Gasteiger partial charge in [0.1, 0.15) is 10.4 Å². The van der Waals surface area contributed by atoms with Crippen LogP contribution in [0.2, 0.25) is 0 Å². The Balaban J connectivity index is 2.13. The first-order chi connectivity index (χ1) is 9.10. The van der Waals surface area contributed by atoms with Gasteiger partial charge in [-0.15, -0.1) is 0 Å². The number of rotatable bonds is 4. The van der Waals surface area contributed by atoms with Gasteiger partial charge < -0.3 is 10.1 Å². The molecule has 0 radical (unpaired) electrons. The Bertz CT molecular complexity index is 558. The molecule has 3 nitrogen and oxygen atoms in total. The average molecular weight is 386 g/mol. The van der Waals surface area contributed by atoms with Gasteiger partial charge in [0, 0.05) is 6.04 Å². The molecule has 0 saturated heterocycles. The lowest BCUT2D eigenvalue weighted by atomic mass is 10.1. The van der Waals surface area contributed by atoms with Crippen LogP contribution < -0.4 is 10.1 Å². The fraction of sp³-hybridized carbons (Fsp3) is 0.214. The number of nitrogens with zero attached hydrogens (tertiary/aromatic N) is 1. The summed E-state index contributed by atoms with van der Waals surface area (Å²) in [6.45, 7) is 2.11. The average Bonchev–Trinajstić information content (AvgIpc) is 2.41. The molecule has 0 spiro atoms. The summed E-state index contributed by atoms with van der Waals surface area (Å²) in [4.78, 5) is 4.20. The lowest BCUT2D eigenvalue weighted by Gasteiger charge is -2.16. The van der Waals surface area contributed by atoms with Gasteiger partial charge in [0.05, 0.1) is 23.5 Å². The number of pyridine rings is 1. The van der Waals surface area contributed by atoms with Crippen molar-refractivity contribution in [3.8, 4) is 5.75 Å². The van der Waals surface area contributed by atoms with E-state index in [0.29, 0.717) is 0 Å². The van der Waals surface area contributed by atoms with Crippen LogP contribution in [0.15, 0.2) is 45.6 Å². The van der Waals surface area contributed by atoms with E-state index in [1.165, 1.54) is 5.56 Å². The smallest absolute Gasteiger partial charge is 0.133 e. The molecule has 0 fully saturated rings. The van der Waals surface area contributed by atoms with Crippen molar-refractivity contribution >= 4 is 37.5 Å². The molecule has 2 rings (SSSR count). The molecule has 1 heterocycles. The van der Waals surface area contributed by atoms with E-state index < -0.39 is 0 Å². The van der Waals surface area contributed by atoms with E-state index in [1.807, 2.05) is 24.3 Å². The number of benzene rings is 1. The summed E-state index contributed by atoms with van der Waals surface area (Å²) in [5.74, 6) is 0.834. The third kappa shape index (κ3) is 3.70. The summed E-state index contributed by atoms with van der Waals surface area (Å²) in [7, 11) is 1.66. The summed E-state index contributed by atoms with van der Waals surface area (Å²) in [5, 5.41) is 3.41. The van der Waals surface area contributed by atoms with Crippen molar-refractivity contribution in [3.63, 3.8) is 0 Å². The van der Waals surface area contributed by atoms with E-state index in [2.05, 4.69) is 55.2 Å². The molecule has 1 atom stereocenters. The molecule has 0 saturated carbocycles. The van der Waals surface area contributed by atoms with Crippen molar-refractivity contribution < 1.29 is 4.74 Å². The van der Waals surface area contributed by atoms with Crippen molar-refractivity contribution in [1.29, 1.82) is 0 Å². The Labute approximate surface area is 129 Å². The molecule has 1 unspecified atom stereocenters. The maximum atomic E-state index is 5.23. The van der Waals surface area contributed by atoms with Crippen molar-refractivity contribution in [2.75, 3.05) is 12.4 Å². The zero-order valence-corrected chi connectivity index (χ0v) is 13.8. The van der Waals surface area contributed by atoms with Gasteiger partial charge >= 0.3 is 0 Å². The van der Waals surface area contributed by atoms with Gasteiger partial charge in [-0.3, -0.25) is 0 Å². The molecule has 2 aromatic rings. The van der Waals surface area contributed by atoms with Crippen LogP contribution in [0.3, 0.4) is 0 Å². The predicted octanol–water partition coefficient (Wildman–Crippen LogP) is 4.79. The maximum Gasteiger partial charge on any atom is 0.133 e. The summed E-state index contributed by atoms with van der Waals surface area (Å²) < 4.78 is 7.01. The van der Waals surface area contributed by atoms with Crippen molar-refractivity contribution in [2.45, 2.75) is 13.0 Å². The first-order valence-electron chi connectivity index (χ1n) is 5.81. The number of methoxy groups -OCH3 is 1. The molecule has 0 bridgehead atoms. The van der Waals surface area contributed by atoms with Gasteiger partial charge in [-0.1, -0.05) is 6.07 Å². The standard InChI is InChI=1S/C14H14Br2N2O/c1-9(18-11-4-6-14(16)17-8-11)10-3-5-13(19-2)12(15)7-10/h3-9,18H,1-2H3. The van der Waals surface area contributed by atoms with Crippen LogP contribution in [0, 0.1) is 0 Å². The van der Waals surface area contributed by atoms with Crippen molar-refractivity contribution in [2.24, 2.45) is 0 Å². The number of nitrogens with one attached hydrogen (secondary N) is 1. The highest BCUT2D eigenvalue weighted by molar-refractivity contribution is 9.10. The Hall–Kier alpha value is -1.07. The number of hydrogen-bond acceptors (Lipinski definition) is 3. The molecule has 0 aliphatic rings. The second-order valence-electron chi connectivity index (χ2n) is 4.13. The molecular weight excluding hydrogens is 372 g/mol. The molecule has 1 aromatic heterocycles. The molecule has 0 amide bonds. The fourth-order valence-electron chi connectivity index (χ4n) is 1.75. The summed E-state index contributed by atoms with van der Waals surface area (Å²) >= 11 is 6.82. The normalized spacial score (nSPS) is 12.0. The van der Waals surface area contributed by atoms with E-state index in [4.69, 9.17) is 4.74 Å². The molecule has 100 valence electrons.